The van der Waals surface area contributed by atoms with Crippen molar-refractivity contribution >= 4 is 39.9 Å². The number of hydrogen-bond acceptors (Lipinski definition) is 5. The molecule has 0 saturated heterocycles. The van der Waals surface area contributed by atoms with E-state index in [0.717, 1.165) is 51.1 Å². The summed E-state index contributed by atoms with van der Waals surface area (Å²) in [7, 11) is 0. The van der Waals surface area contributed by atoms with Gasteiger partial charge in [-0.2, -0.15) is 13.2 Å². The Hall–Kier alpha value is -6.54. The highest BCUT2D eigenvalue weighted by Crippen LogP contribution is 2.53. The predicted molar refractivity (Wildman–Crippen MR) is 253 cm³/mol. The minimum absolute atomic E-state index is 0.0286. The van der Waals surface area contributed by atoms with E-state index in [9.17, 15) is 13.2 Å². The molecule has 3 heterocycles. The van der Waals surface area contributed by atoms with Gasteiger partial charge in [0.15, 0.2) is 0 Å². The van der Waals surface area contributed by atoms with Gasteiger partial charge in [0.25, 0.3) is 0 Å². The molecule has 0 atom stereocenters. The van der Waals surface area contributed by atoms with Crippen LogP contribution in [0.15, 0.2) is 146 Å². The SMILES string of the molecule is CC(C)(C)c1cc(N2CN(c3cccc(Oc4ccc5c(c4)N(c4cc(C(C)(C)C)ccn4)c4cc(C(F)(F)F)ccc4-c4ccccc4-5)c3)c3ccccc32)cc(C(C)(C)C)c1. The molecule has 5 nitrogen and oxygen atoms in total. The van der Waals surface area contributed by atoms with Crippen molar-refractivity contribution in [3.8, 4) is 33.8 Å². The molecule has 320 valence electrons. The van der Waals surface area contributed by atoms with E-state index in [4.69, 9.17) is 9.72 Å². The van der Waals surface area contributed by atoms with Crippen molar-refractivity contribution in [2.45, 2.75) is 84.7 Å². The van der Waals surface area contributed by atoms with E-state index in [0.29, 0.717) is 40.9 Å². The molecule has 0 N–H and O–H groups in total. The topological polar surface area (TPSA) is 31.8 Å². The number of anilines is 7. The van der Waals surface area contributed by atoms with Crippen LogP contribution >= 0.6 is 0 Å². The second-order valence-corrected chi connectivity index (χ2v) is 19.8. The number of rotatable bonds is 5. The van der Waals surface area contributed by atoms with E-state index in [1.165, 1.54) is 17.2 Å². The molecule has 0 bridgehead atoms. The molecule has 9 rings (SSSR count). The Labute approximate surface area is 369 Å². The van der Waals surface area contributed by atoms with Crippen LogP contribution in [0.4, 0.5) is 53.1 Å². The molecule has 63 heavy (non-hydrogen) atoms. The molecule has 2 aliphatic rings. The first-order valence-electron chi connectivity index (χ1n) is 21.5. The third-order valence-electron chi connectivity index (χ3n) is 12.2. The van der Waals surface area contributed by atoms with Gasteiger partial charge in [-0.05, 0) is 117 Å². The Bertz CT molecular complexity index is 2850. The van der Waals surface area contributed by atoms with Crippen LogP contribution in [-0.2, 0) is 22.4 Å². The number of alkyl halides is 3. The maximum Gasteiger partial charge on any atom is 0.416 e. The molecule has 8 heteroatoms. The molecular formula is C55H53F3N4O. The summed E-state index contributed by atoms with van der Waals surface area (Å²) in [5.41, 5.74) is 11.2. The quantitative estimate of drug-likeness (QED) is 0.172. The number of aromatic nitrogens is 1. The highest BCUT2D eigenvalue weighted by Gasteiger charge is 2.35. The molecule has 0 spiro atoms. The Balaban J connectivity index is 1.13. The highest BCUT2D eigenvalue weighted by molar-refractivity contribution is 6.02. The number of nitrogens with zero attached hydrogens (tertiary/aromatic N) is 4. The maximum atomic E-state index is 14.5. The smallest absolute Gasteiger partial charge is 0.416 e. The molecule has 0 unspecified atom stereocenters. The van der Waals surface area contributed by atoms with Gasteiger partial charge in [0, 0.05) is 40.8 Å². The molecule has 6 aromatic carbocycles. The fraction of sp³-hybridized carbons (Fsp3) is 0.255. The minimum atomic E-state index is -4.55. The van der Waals surface area contributed by atoms with E-state index < -0.39 is 11.7 Å². The zero-order chi connectivity index (χ0) is 44.6. The normalized spacial score (nSPS) is 13.9. The summed E-state index contributed by atoms with van der Waals surface area (Å²) in [6, 6.07) is 45.2. The summed E-state index contributed by atoms with van der Waals surface area (Å²) in [5.74, 6) is 1.67. The molecular weight excluding hydrogens is 790 g/mol. The fourth-order valence-electron chi connectivity index (χ4n) is 8.58. The zero-order valence-electron chi connectivity index (χ0n) is 37.4. The van der Waals surface area contributed by atoms with Crippen molar-refractivity contribution in [2.75, 3.05) is 21.4 Å². The lowest BCUT2D eigenvalue weighted by Crippen LogP contribution is -2.25. The second-order valence-electron chi connectivity index (χ2n) is 19.8. The van der Waals surface area contributed by atoms with Gasteiger partial charge in [-0.15, -0.1) is 0 Å². The third-order valence-corrected chi connectivity index (χ3v) is 12.2. The van der Waals surface area contributed by atoms with E-state index in [-0.39, 0.29) is 16.2 Å². The number of benzene rings is 6. The zero-order valence-corrected chi connectivity index (χ0v) is 37.4. The largest absolute Gasteiger partial charge is 0.457 e. The van der Waals surface area contributed by atoms with Gasteiger partial charge < -0.3 is 14.5 Å². The van der Waals surface area contributed by atoms with Crippen LogP contribution < -0.4 is 19.4 Å². The van der Waals surface area contributed by atoms with Gasteiger partial charge >= 0.3 is 6.18 Å². The monoisotopic (exact) mass is 842 g/mol. The number of pyridine rings is 1. The van der Waals surface area contributed by atoms with E-state index in [2.05, 4.69) is 121 Å². The lowest BCUT2D eigenvalue weighted by Gasteiger charge is -2.29. The molecule has 7 aromatic rings. The van der Waals surface area contributed by atoms with Crippen LogP contribution in [0.5, 0.6) is 11.5 Å². The summed E-state index contributed by atoms with van der Waals surface area (Å²) in [5, 5.41) is 0. The van der Waals surface area contributed by atoms with E-state index in [1.807, 2.05) is 77.7 Å². The van der Waals surface area contributed by atoms with Crippen molar-refractivity contribution in [1.82, 2.24) is 4.98 Å². The van der Waals surface area contributed by atoms with Crippen molar-refractivity contribution in [2.24, 2.45) is 0 Å². The lowest BCUT2D eigenvalue weighted by molar-refractivity contribution is -0.137. The first kappa shape index (κ1) is 41.8. The van der Waals surface area contributed by atoms with Gasteiger partial charge in [-0.25, -0.2) is 4.98 Å². The summed E-state index contributed by atoms with van der Waals surface area (Å²) in [6.07, 6.45) is -2.82. The second kappa shape index (κ2) is 15.1. The van der Waals surface area contributed by atoms with Crippen LogP contribution in [-0.4, -0.2) is 11.7 Å². The van der Waals surface area contributed by atoms with Gasteiger partial charge in [0.2, 0.25) is 0 Å². The standard InChI is InChI=1S/C55H53F3N4O/c1-52(2,3)35-25-26-59-51(31-35)62-49-30-36(55(56,57)58)21-23-45(49)43-17-10-11-18-44(43)46-24-22-42(33-50(46)62)63-41-16-14-15-39(32-41)60-34-61(48-20-13-12-19-47(48)60)40-28-37(53(4,5)6)27-38(29-40)54(7,8)9/h10-33H,34H2,1-9H3. The summed E-state index contributed by atoms with van der Waals surface area (Å²) >= 11 is 0. The lowest BCUT2D eigenvalue weighted by atomic mass is 9.80. The van der Waals surface area contributed by atoms with E-state index in [1.54, 1.807) is 12.3 Å². The molecule has 0 amide bonds. The van der Waals surface area contributed by atoms with Gasteiger partial charge in [-0.3, -0.25) is 4.90 Å². The molecule has 0 saturated carbocycles. The van der Waals surface area contributed by atoms with Crippen LogP contribution in [0.25, 0.3) is 22.3 Å². The first-order valence-corrected chi connectivity index (χ1v) is 21.5. The summed E-state index contributed by atoms with van der Waals surface area (Å²) in [4.78, 5) is 11.4. The maximum absolute atomic E-state index is 14.5. The van der Waals surface area contributed by atoms with Gasteiger partial charge in [-0.1, -0.05) is 117 Å². The minimum Gasteiger partial charge on any atom is -0.457 e. The Morgan fingerprint density at radius 2 is 1.00 bits per heavy atom. The summed E-state index contributed by atoms with van der Waals surface area (Å²) in [6.45, 7) is 20.5. The predicted octanol–water partition coefficient (Wildman–Crippen LogP) is 16.1. The van der Waals surface area contributed by atoms with Crippen molar-refractivity contribution in [3.63, 3.8) is 0 Å². The van der Waals surface area contributed by atoms with Crippen molar-refractivity contribution < 1.29 is 17.9 Å². The average Bonchev–Trinajstić information content (AvgIpc) is 3.57. The fourth-order valence-corrected chi connectivity index (χ4v) is 8.58. The first-order chi connectivity index (χ1) is 29.7. The van der Waals surface area contributed by atoms with Crippen molar-refractivity contribution in [3.05, 3.63) is 168 Å². The Kier molecular flexibility index (Phi) is 10.0. The number of para-hydroxylation sites is 2. The van der Waals surface area contributed by atoms with Gasteiger partial charge in [0.1, 0.15) is 24.0 Å². The number of hydrogen-bond donors (Lipinski definition) is 0. The molecule has 1 aromatic heterocycles. The Morgan fingerprint density at radius 1 is 0.444 bits per heavy atom. The number of halogens is 3. The highest BCUT2D eigenvalue weighted by atomic mass is 19.4. The van der Waals surface area contributed by atoms with Crippen LogP contribution in [0.1, 0.15) is 84.6 Å². The van der Waals surface area contributed by atoms with Crippen molar-refractivity contribution in [1.29, 1.82) is 0 Å². The Morgan fingerprint density at radius 3 is 1.60 bits per heavy atom. The molecule has 2 aliphatic heterocycles. The average molecular weight is 843 g/mol. The number of fused-ring (bicyclic) bond motifs is 6. The molecule has 0 radical (unpaired) electrons. The van der Waals surface area contributed by atoms with E-state index >= 15 is 0 Å². The molecule has 0 aliphatic carbocycles. The third kappa shape index (κ3) is 7.92. The van der Waals surface area contributed by atoms with Crippen LogP contribution in [0, 0.1) is 0 Å². The molecule has 0 fully saturated rings. The van der Waals surface area contributed by atoms with Gasteiger partial charge in [0.05, 0.1) is 28.3 Å². The summed E-state index contributed by atoms with van der Waals surface area (Å²) < 4.78 is 50.2. The van der Waals surface area contributed by atoms with Crippen LogP contribution in [0.2, 0.25) is 0 Å². The van der Waals surface area contributed by atoms with Crippen LogP contribution in [0.3, 0.4) is 0 Å². The number of ether oxygens (including phenoxy) is 1.